The molecule has 0 spiro atoms. The normalized spacial score (nSPS) is 15.1. The lowest BCUT2D eigenvalue weighted by Crippen LogP contribution is -2.22. The molecule has 1 aliphatic rings. The Labute approximate surface area is 80.4 Å². The predicted molar refractivity (Wildman–Crippen MR) is 50.4 cm³/mol. The molecular weight excluding hydrogens is 190 g/mol. The summed E-state index contributed by atoms with van der Waals surface area (Å²) in [6.45, 7) is 1.95. The lowest BCUT2D eigenvalue weighted by atomic mass is 10.3. The molecule has 0 heterocycles. The molecule has 1 aliphatic carbocycles. The van der Waals surface area contributed by atoms with Crippen molar-refractivity contribution in [1.29, 1.82) is 0 Å². The zero-order valence-electron chi connectivity index (χ0n) is 7.75. The molecule has 1 fully saturated rings. The van der Waals surface area contributed by atoms with Gasteiger partial charge in [-0.25, -0.2) is 0 Å². The third-order valence-electron chi connectivity index (χ3n) is 1.49. The zero-order valence-corrected chi connectivity index (χ0v) is 7.75. The molecule has 80 valence electrons. The number of rotatable bonds is 2. The molecule has 0 radical (unpaired) electrons. The maximum atomic E-state index is 8.36. The van der Waals surface area contributed by atoms with E-state index in [0.717, 1.165) is 5.71 Å². The summed E-state index contributed by atoms with van der Waals surface area (Å²) in [6, 6.07) is 0. The molecule has 0 atom stereocenters. The van der Waals surface area contributed by atoms with Crippen molar-refractivity contribution in [1.82, 2.24) is 0 Å². The van der Waals surface area contributed by atoms with Gasteiger partial charge >= 0.3 is 0 Å². The highest BCUT2D eigenvalue weighted by molar-refractivity contribution is 5.87. The van der Waals surface area contributed by atoms with Gasteiger partial charge < -0.3 is 16.7 Å². The third-order valence-corrected chi connectivity index (χ3v) is 1.49. The van der Waals surface area contributed by atoms with Crippen molar-refractivity contribution in [2.24, 2.45) is 27.6 Å². The van der Waals surface area contributed by atoms with E-state index in [-0.39, 0.29) is 5.96 Å². The predicted octanol–water partition coefficient (Wildman–Crippen LogP) is -0.302. The van der Waals surface area contributed by atoms with E-state index in [2.05, 4.69) is 10.2 Å². The van der Waals surface area contributed by atoms with Gasteiger partial charge in [0.2, 0.25) is 5.96 Å². The number of hydrogen-bond donors (Lipinski definition) is 3. The van der Waals surface area contributed by atoms with Crippen LogP contribution in [-0.2, 0) is 0 Å². The third kappa shape index (κ3) is 8.24. The molecule has 8 heteroatoms. The van der Waals surface area contributed by atoms with Crippen molar-refractivity contribution in [3.8, 4) is 0 Å². The number of nitrogens with two attached hydrogens (primary N) is 2. The quantitative estimate of drug-likeness (QED) is 0.244. The second kappa shape index (κ2) is 5.73. The molecule has 0 aromatic carbocycles. The zero-order chi connectivity index (χ0) is 11.1. The Morgan fingerprint density at radius 2 is 1.93 bits per heavy atom. The van der Waals surface area contributed by atoms with Crippen molar-refractivity contribution in [2.45, 2.75) is 19.8 Å². The number of nitrogens with zero attached hydrogens (tertiary/aromatic N) is 3. The molecule has 0 bridgehead atoms. The van der Waals surface area contributed by atoms with Crippen molar-refractivity contribution in [3.05, 3.63) is 10.1 Å². The van der Waals surface area contributed by atoms with Gasteiger partial charge in [0, 0.05) is 5.71 Å². The first-order valence-corrected chi connectivity index (χ1v) is 3.89. The van der Waals surface area contributed by atoms with Crippen molar-refractivity contribution < 1.29 is 10.3 Å². The van der Waals surface area contributed by atoms with Gasteiger partial charge in [-0.3, -0.25) is 0 Å². The summed E-state index contributed by atoms with van der Waals surface area (Å²) in [6.07, 6.45) is 2.46. The lowest BCUT2D eigenvalue weighted by molar-refractivity contribution is -0.742. The minimum atomic E-state index is -1.50. The van der Waals surface area contributed by atoms with Crippen LogP contribution in [0.1, 0.15) is 19.8 Å². The molecule has 8 nitrogen and oxygen atoms in total. The van der Waals surface area contributed by atoms with Crippen LogP contribution in [0.25, 0.3) is 0 Å². The maximum absolute atomic E-state index is 8.36. The van der Waals surface area contributed by atoms with E-state index < -0.39 is 5.09 Å². The van der Waals surface area contributed by atoms with E-state index in [1.165, 1.54) is 12.8 Å². The molecular formula is C6H13N5O3. The van der Waals surface area contributed by atoms with Crippen molar-refractivity contribution in [3.63, 3.8) is 0 Å². The fourth-order valence-electron chi connectivity index (χ4n) is 0.719. The summed E-state index contributed by atoms with van der Waals surface area (Å²) in [5.41, 5.74) is 11.2. The molecule has 0 aliphatic heterocycles. The van der Waals surface area contributed by atoms with Crippen LogP contribution in [0.4, 0.5) is 0 Å². The van der Waals surface area contributed by atoms with Crippen LogP contribution in [0.3, 0.4) is 0 Å². The molecule has 14 heavy (non-hydrogen) atoms. The summed E-state index contributed by atoms with van der Waals surface area (Å²) in [5.74, 6) is 0.670. The molecule has 1 rings (SSSR count). The Morgan fingerprint density at radius 1 is 1.50 bits per heavy atom. The average molecular weight is 203 g/mol. The van der Waals surface area contributed by atoms with Gasteiger partial charge in [0.05, 0.1) is 0 Å². The van der Waals surface area contributed by atoms with Gasteiger partial charge in [0.1, 0.15) is 0 Å². The van der Waals surface area contributed by atoms with Crippen LogP contribution in [0.5, 0.6) is 0 Å². The maximum Gasteiger partial charge on any atom is 0.291 e. The summed E-state index contributed by atoms with van der Waals surface area (Å²) in [7, 11) is 0. The van der Waals surface area contributed by atoms with E-state index in [1.807, 2.05) is 6.92 Å². The summed E-state index contributed by atoms with van der Waals surface area (Å²) < 4.78 is 0. The van der Waals surface area contributed by atoms with Gasteiger partial charge in [-0.2, -0.15) is 5.10 Å². The van der Waals surface area contributed by atoms with Gasteiger partial charge in [0.15, 0.2) is 0 Å². The minimum absolute atomic E-state index is 0.0278. The smallest absolute Gasteiger partial charge is 0.291 e. The van der Waals surface area contributed by atoms with Gasteiger partial charge in [-0.15, -0.1) is 15.2 Å². The van der Waals surface area contributed by atoms with Gasteiger partial charge in [-0.05, 0) is 25.7 Å². The molecule has 0 aromatic rings. The first kappa shape index (κ1) is 12.1. The second-order valence-electron chi connectivity index (χ2n) is 2.78. The Hall–Kier alpha value is -1.86. The molecule has 1 saturated carbocycles. The fourth-order valence-corrected chi connectivity index (χ4v) is 0.719. The van der Waals surface area contributed by atoms with Crippen LogP contribution < -0.4 is 11.5 Å². The van der Waals surface area contributed by atoms with E-state index >= 15 is 0 Å². The Morgan fingerprint density at radius 3 is 2.21 bits per heavy atom. The summed E-state index contributed by atoms with van der Waals surface area (Å²) in [5, 5.41) is 21.0. The van der Waals surface area contributed by atoms with E-state index in [9.17, 15) is 0 Å². The largest absolute Gasteiger partial charge is 0.369 e. The minimum Gasteiger partial charge on any atom is -0.369 e. The molecule has 0 amide bonds. The van der Waals surface area contributed by atoms with Crippen LogP contribution in [0.2, 0.25) is 0 Å². The highest BCUT2D eigenvalue weighted by Crippen LogP contribution is 2.30. The van der Waals surface area contributed by atoms with Crippen LogP contribution in [-0.4, -0.2) is 22.0 Å². The van der Waals surface area contributed by atoms with Crippen LogP contribution in [0, 0.1) is 16.0 Å². The van der Waals surface area contributed by atoms with Crippen LogP contribution in [0.15, 0.2) is 10.2 Å². The molecule has 0 unspecified atom stereocenters. The van der Waals surface area contributed by atoms with E-state index in [1.54, 1.807) is 0 Å². The molecule has 0 aromatic heterocycles. The fraction of sp³-hybridized carbons (Fsp3) is 0.667. The standard InChI is InChI=1S/C6H12N4.HNO3/c1-4(5-2-3-5)9-10-6(7)8;2-1(3)4/h5H,2-3H2,1H3,(H4,7,8,10);(H,2,3,4)/b9-4+;. The number of hydrogen-bond acceptors (Lipinski definition) is 4. The number of guanidine groups is 1. The van der Waals surface area contributed by atoms with Crippen LogP contribution >= 0.6 is 0 Å². The SMILES string of the molecule is C/C(=N\N=C(N)N)C1CC1.O=[N+]([O-])O. The van der Waals surface area contributed by atoms with E-state index in [0.29, 0.717) is 5.92 Å². The lowest BCUT2D eigenvalue weighted by Gasteiger charge is -1.90. The topological polar surface area (TPSA) is 140 Å². The molecule has 0 saturated heterocycles. The highest BCUT2D eigenvalue weighted by Gasteiger charge is 2.24. The monoisotopic (exact) mass is 203 g/mol. The van der Waals surface area contributed by atoms with Crippen molar-refractivity contribution in [2.75, 3.05) is 0 Å². The first-order valence-electron chi connectivity index (χ1n) is 3.89. The Balaban J connectivity index is 0.000000364. The van der Waals surface area contributed by atoms with Gasteiger partial charge in [0.25, 0.3) is 5.09 Å². The van der Waals surface area contributed by atoms with Crippen molar-refractivity contribution >= 4 is 11.7 Å². The van der Waals surface area contributed by atoms with E-state index in [4.69, 9.17) is 26.8 Å². The van der Waals surface area contributed by atoms with Gasteiger partial charge in [-0.1, -0.05) is 0 Å². The average Bonchev–Trinajstić information content (AvgIpc) is 2.80. The highest BCUT2D eigenvalue weighted by atomic mass is 16.9. The Kier molecular flexibility index (Phi) is 4.97. The first-order chi connectivity index (χ1) is 6.43. The molecule has 5 N–H and O–H groups in total. The summed E-state index contributed by atoms with van der Waals surface area (Å²) in [4.78, 5) is 8.36. The Bertz CT molecular complexity index is 250. The summed E-state index contributed by atoms with van der Waals surface area (Å²) >= 11 is 0. The second-order valence-corrected chi connectivity index (χ2v) is 2.78.